The topological polar surface area (TPSA) is 18.5 Å². The van der Waals surface area contributed by atoms with Gasteiger partial charge in [0.15, 0.2) is 5.79 Å². The van der Waals surface area contributed by atoms with Gasteiger partial charge in [-0.05, 0) is 90.4 Å². The van der Waals surface area contributed by atoms with Gasteiger partial charge in [0.25, 0.3) is 0 Å². The maximum absolute atomic E-state index is 6.61. The summed E-state index contributed by atoms with van der Waals surface area (Å²) >= 11 is 0. The van der Waals surface area contributed by atoms with Crippen LogP contribution in [0.25, 0.3) is 0 Å². The van der Waals surface area contributed by atoms with Gasteiger partial charge < -0.3 is 9.47 Å². The Bertz CT molecular complexity index is 1100. The van der Waals surface area contributed by atoms with E-state index in [9.17, 15) is 0 Å². The molecule has 0 saturated carbocycles. The van der Waals surface area contributed by atoms with Crippen molar-refractivity contribution in [2.24, 2.45) is 0 Å². The van der Waals surface area contributed by atoms with Gasteiger partial charge in [-0.3, -0.25) is 0 Å². The van der Waals surface area contributed by atoms with E-state index in [-0.39, 0.29) is 31.7 Å². The molecule has 5 heteroatoms. The minimum Gasteiger partial charge on any atom is -0.344 e. The molecule has 0 N–H and O–H groups in total. The molecule has 5 rings (SSSR count). The molecule has 2 unspecified atom stereocenters. The summed E-state index contributed by atoms with van der Waals surface area (Å²) in [7, 11) is -1.12. The minimum absolute atomic E-state index is 0. The minimum atomic E-state index is -0.585. The van der Waals surface area contributed by atoms with Crippen LogP contribution in [0.2, 0.25) is 0 Å². The van der Waals surface area contributed by atoms with E-state index in [1.54, 1.807) is 0 Å². The summed E-state index contributed by atoms with van der Waals surface area (Å²) in [4.78, 5) is 0. The van der Waals surface area contributed by atoms with Crippen LogP contribution in [0.15, 0.2) is 121 Å². The molecule has 6 radical (unpaired) electrons. The Morgan fingerprint density at radius 1 is 0.523 bits per heavy atom. The van der Waals surface area contributed by atoms with E-state index in [4.69, 9.17) is 9.47 Å². The molecule has 1 aliphatic heterocycles. The normalized spacial score (nSPS) is 17.0. The summed E-state index contributed by atoms with van der Waals surface area (Å²) in [5.41, 5.74) is 0. The molecule has 4 aromatic rings. The molecule has 0 aromatic heterocycles. The van der Waals surface area contributed by atoms with E-state index in [1.807, 2.05) is 13.8 Å². The second-order valence-corrected chi connectivity index (χ2v) is 15.7. The van der Waals surface area contributed by atoms with Crippen LogP contribution in [0.1, 0.15) is 27.7 Å². The fourth-order valence-corrected chi connectivity index (χ4v) is 9.64. The molecule has 0 aliphatic carbocycles. The molecule has 2 nitrogen and oxygen atoms in total. The molecule has 230 valence electrons. The van der Waals surface area contributed by atoms with Gasteiger partial charge >= 0.3 is 19.5 Å². The van der Waals surface area contributed by atoms with Gasteiger partial charge in [0.05, 0.1) is 12.2 Å². The Morgan fingerprint density at radius 2 is 0.727 bits per heavy atom. The third-order valence-electron chi connectivity index (χ3n) is 6.28. The quantitative estimate of drug-likeness (QED) is 0.136. The van der Waals surface area contributed by atoms with Crippen LogP contribution in [0.5, 0.6) is 0 Å². The Morgan fingerprint density at radius 3 is 0.932 bits per heavy atom. The Labute approximate surface area is 283 Å². The average molecular weight is 710 g/mol. The second-order valence-electron chi connectivity index (χ2n) is 11.2. The summed E-state index contributed by atoms with van der Waals surface area (Å²) in [6, 6.07) is 43.6. The van der Waals surface area contributed by atoms with Crippen molar-refractivity contribution in [3.05, 3.63) is 161 Å². The number of hydrogen-bond acceptors (Lipinski definition) is 2. The Kier molecular flexibility index (Phi) is 17.2. The zero-order valence-corrected chi connectivity index (χ0v) is 30.0. The van der Waals surface area contributed by atoms with Crippen molar-refractivity contribution in [1.29, 1.82) is 0 Å². The van der Waals surface area contributed by atoms with Gasteiger partial charge in [0, 0.05) is 12.3 Å². The molecule has 1 aliphatic rings. The molecule has 2 atom stereocenters. The summed E-state index contributed by atoms with van der Waals surface area (Å²) in [6.07, 6.45) is 1.97. The van der Waals surface area contributed by atoms with Gasteiger partial charge in [-0.25, -0.2) is 0 Å². The molecular formula is C39H46O2P2Ru+2. The van der Waals surface area contributed by atoms with E-state index >= 15 is 0 Å². The van der Waals surface area contributed by atoms with Gasteiger partial charge in [-0.2, -0.15) is 0 Å². The first-order chi connectivity index (χ1) is 20.6. The largest absolute Gasteiger partial charge is 2.00 e. The van der Waals surface area contributed by atoms with E-state index in [1.165, 1.54) is 21.2 Å². The molecule has 1 fully saturated rings. The van der Waals surface area contributed by atoms with Crippen molar-refractivity contribution in [2.75, 3.05) is 12.3 Å². The van der Waals surface area contributed by atoms with Gasteiger partial charge in [0.2, 0.25) is 0 Å². The molecule has 1 saturated heterocycles. The maximum Gasteiger partial charge on any atom is 2.00 e. The second kappa shape index (κ2) is 19.7. The molecule has 1 heterocycles. The van der Waals surface area contributed by atoms with Crippen molar-refractivity contribution in [2.45, 2.75) is 45.7 Å². The van der Waals surface area contributed by atoms with Gasteiger partial charge in [0.1, 0.15) is 0 Å². The molecule has 44 heavy (non-hydrogen) atoms. The number of ether oxygens (including phenoxy) is 2. The van der Waals surface area contributed by atoms with Crippen LogP contribution in [0, 0.1) is 39.5 Å². The smallest absolute Gasteiger partial charge is 0.344 e. The number of hydrogen-bond donors (Lipinski definition) is 0. The van der Waals surface area contributed by atoms with Crippen molar-refractivity contribution < 1.29 is 29.0 Å². The van der Waals surface area contributed by atoms with E-state index in [0.717, 1.165) is 24.2 Å². The molecule has 4 aromatic carbocycles. The SMILES string of the molecule is CC1(C)OC(CP(c2ccccc2)c2ccccc2)C(CP(c2ccccc2)c2ccccc2)O1.[CH2][C]([CH2])C.[CH2][C]([CH2])C.[Ru+2]. The molecular weight excluding hydrogens is 663 g/mol. The van der Waals surface area contributed by atoms with Crippen LogP contribution in [0.4, 0.5) is 0 Å². The van der Waals surface area contributed by atoms with Crippen LogP contribution in [-0.4, -0.2) is 30.3 Å². The monoisotopic (exact) mass is 710 g/mol. The third kappa shape index (κ3) is 13.3. The summed E-state index contributed by atoms with van der Waals surface area (Å²) in [5.74, 6) is 1.25. The van der Waals surface area contributed by atoms with E-state index in [0.29, 0.717) is 0 Å². The maximum atomic E-state index is 6.61. The fourth-order valence-electron chi connectivity index (χ4n) is 4.73. The zero-order chi connectivity index (χ0) is 31.2. The fraction of sp³-hybridized carbons (Fsp3) is 0.231. The number of rotatable bonds is 8. The van der Waals surface area contributed by atoms with E-state index in [2.05, 4.69) is 163 Å². The van der Waals surface area contributed by atoms with Gasteiger partial charge in [-0.15, -0.1) is 0 Å². The van der Waals surface area contributed by atoms with E-state index < -0.39 is 21.6 Å². The van der Waals surface area contributed by atoms with Crippen LogP contribution >= 0.6 is 15.8 Å². The standard InChI is InChI=1S/C31H32O2P2.2C4H7.Ru/c1-31(2)32-29(23-34(25-15-7-3-8-16-25)26-17-9-4-10-18-26)30(33-31)24-35(27-19-11-5-12-20-27)28-21-13-6-14-22-28;2*1-4(2)3;/h3-22,29-30H,23-24H2,1-2H3;2*1-2H2,3H3;/q;;;+2. The summed E-state index contributed by atoms with van der Waals surface area (Å²) in [5, 5.41) is 5.53. The Hall–Kier alpha value is -1.72. The van der Waals surface area contributed by atoms with Gasteiger partial charge in [-0.1, -0.05) is 135 Å². The Balaban J connectivity index is 0.000000672. The van der Waals surface area contributed by atoms with Crippen LogP contribution < -0.4 is 21.2 Å². The van der Waals surface area contributed by atoms with Crippen LogP contribution in [0.3, 0.4) is 0 Å². The molecule has 0 spiro atoms. The first-order valence-corrected chi connectivity index (χ1v) is 17.7. The van der Waals surface area contributed by atoms with Crippen LogP contribution in [-0.2, 0) is 29.0 Å². The predicted octanol–water partition coefficient (Wildman–Crippen LogP) is 8.27. The average Bonchev–Trinajstić information content (AvgIpc) is 3.28. The van der Waals surface area contributed by atoms with Crippen molar-refractivity contribution in [3.8, 4) is 0 Å². The molecule has 0 amide bonds. The first kappa shape index (κ1) is 38.5. The number of benzene rings is 4. The summed E-state index contributed by atoms with van der Waals surface area (Å²) in [6.45, 7) is 21.6. The summed E-state index contributed by atoms with van der Waals surface area (Å²) < 4.78 is 13.2. The van der Waals surface area contributed by atoms with Crippen molar-refractivity contribution in [3.63, 3.8) is 0 Å². The first-order valence-electron chi connectivity index (χ1n) is 14.6. The predicted molar refractivity (Wildman–Crippen MR) is 191 cm³/mol. The molecule has 0 bridgehead atoms. The third-order valence-corrected chi connectivity index (χ3v) is 11.4. The zero-order valence-electron chi connectivity index (χ0n) is 26.5. The van der Waals surface area contributed by atoms with Crippen molar-refractivity contribution in [1.82, 2.24) is 0 Å². The van der Waals surface area contributed by atoms with Crippen molar-refractivity contribution >= 4 is 37.1 Å².